The van der Waals surface area contributed by atoms with Gasteiger partial charge in [-0.25, -0.2) is 9.89 Å². The van der Waals surface area contributed by atoms with Gasteiger partial charge < -0.3 is 0 Å². The predicted molar refractivity (Wildman–Crippen MR) is 65.9 cm³/mol. The number of rotatable bonds is 4. The third-order valence-corrected chi connectivity index (χ3v) is 3.89. The monoisotopic (exact) mass is 239 g/mol. The minimum absolute atomic E-state index is 0.0709. The van der Waals surface area contributed by atoms with Gasteiger partial charge in [-0.3, -0.25) is 4.57 Å². The maximum absolute atomic E-state index is 11.7. The van der Waals surface area contributed by atoms with E-state index in [1.54, 1.807) is 11.8 Å². The Morgan fingerprint density at radius 2 is 2.25 bits per heavy atom. The third kappa shape index (κ3) is 2.40. The van der Waals surface area contributed by atoms with E-state index in [4.69, 9.17) is 0 Å². The SMILES string of the molecule is C=CCSc1n[nH]c(=O)n1C1CCCCC1. The summed E-state index contributed by atoms with van der Waals surface area (Å²) in [6.45, 7) is 3.68. The summed E-state index contributed by atoms with van der Waals surface area (Å²) in [5.41, 5.74) is -0.0709. The van der Waals surface area contributed by atoms with Crippen molar-refractivity contribution in [3.63, 3.8) is 0 Å². The lowest BCUT2D eigenvalue weighted by atomic mass is 9.95. The lowest BCUT2D eigenvalue weighted by Crippen LogP contribution is -2.24. The molecule has 1 N–H and O–H groups in total. The van der Waals surface area contributed by atoms with E-state index in [0.29, 0.717) is 6.04 Å². The highest BCUT2D eigenvalue weighted by Crippen LogP contribution is 2.29. The normalized spacial score (nSPS) is 17.5. The molecule has 0 unspecified atom stereocenters. The van der Waals surface area contributed by atoms with Crippen LogP contribution < -0.4 is 5.69 Å². The zero-order valence-electron chi connectivity index (χ0n) is 9.32. The van der Waals surface area contributed by atoms with Gasteiger partial charge in [0.1, 0.15) is 0 Å². The lowest BCUT2D eigenvalue weighted by Gasteiger charge is -2.22. The van der Waals surface area contributed by atoms with Crippen LogP contribution in [0.25, 0.3) is 0 Å². The second kappa shape index (κ2) is 5.39. The van der Waals surface area contributed by atoms with E-state index in [1.807, 2.05) is 10.6 Å². The molecule has 1 saturated carbocycles. The smallest absolute Gasteiger partial charge is 0.267 e. The Balaban J connectivity index is 2.19. The molecule has 0 spiro atoms. The standard InChI is InChI=1S/C11H17N3OS/c1-2-8-16-11-13-12-10(15)14(11)9-6-4-3-5-7-9/h2,9H,1,3-8H2,(H,12,15). The van der Waals surface area contributed by atoms with Crippen molar-refractivity contribution in [3.8, 4) is 0 Å². The number of thioether (sulfide) groups is 1. The molecule has 1 aromatic rings. The largest absolute Gasteiger partial charge is 0.344 e. The van der Waals surface area contributed by atoms with Crippen molar-refractivity contribution in [2.45, 2.75) is 43.3 Å². The van der Waals surface area contributed by atoms with Gasteiger partial charge in [-0.2, -0.15) is 0 Å². The molecule has 16 heavy (non-hydrogen) atoms. The Kier molecular flexibility index (Phi) is 3.88. The molecule has 1 aliphatic rings. The summed E-state index contributed by atoms with van der Waals surface area (Å²) in [6, 6.07) is 0.340. The van der Waals surface area contributed by atoms with E-state index in [1.165, 1.54) is 19.3 Å². The molecule has 1 aliphatic carbocycles. The average molecular weight is 239 g/mol. The van der Waals surface area contributed by atoms with Crippen molar-refractivity contribution in [1.82, 2.24) is 14.8 Å². The number of aromatic amines is 1. The molecule has 0 saturated heterocycles. The fourth-order valence-corrected chi connectivity index (χ4v) is 2.93. The van der Waals surface area contributed by atoms with Gasteiger partial charge in [-0.15, -0.1) is 11.7 Å². The van der Waals surface area contributed by atoms with Crippen LogP contribution in [-0.4, -0.2) is 20.5 Å². The van der Waals surface area contributed by atoms with Crippen LogP contribution in [0.2, 0.25) is 0 Å². The molecule has 0 aromatic carbocycles. The number of nitrogens with zero attached hydrogens (tertiary/aromatic N) is 2. The van der Waals surface area contributed by atoms with Crippen LogP contribution in [0.5, 0.6) is 0 Å². The Bertz CT molecular complexity index is 404. The van der Waals surface area contributed by atoms with Gasteiger partial charge in [0.15, 0.2) is 5.16 Å². The summed E-state index contributed by atoms with van der Waals surface area (Å²) in [5.74, 6) is 0.789. The van der Waals surface area contributed by atoms with Crippen LogP contribution in [0.3, 0.4) is 0 Å². The molecule has 1 fully saturated rings. The van der Waals surface area contributed by atoms with E-state index in [-0.39, 0.29) is 5.69 Å². The minimum atomic E-state index is -0.0709. The molecule has 1 heterocycles. The topological polar surface area (TPSA) is 50.7 Å². The Morgan fingerprint density at radius 3 is 2.94 bits per heavy atom. The predicted octanol–water partition coefficient (Wildman–Crippen LogP) is 2.35. The summed E-state index contributed by atoms with van der Waals surface area (Å²) in [7, 11) is 0. The number of aromatic nitrogens is 3. The summed E-state index contributed by atoms with van der Waals surface area (Å²) in [4.78, 5) is 11.7. The number of nitrogens with one attached hydrogen (secondary N) is 1. The van der Waals surface area contributed by atoms with Crippen molar-refractivity contribution >= 4 is 11.8 Å². The van der Waals surface area contributed by atoms with Crippen molar-refractivity contribution in [1.29, 1.82) is 0 Å². The van der Waals surface area contributed by atoms with Crippen LogP contribution in [0.1, 0.15) is 38.1 Å². The summed E-state index contributed by atoms with van der Waals surface area (Å²) in [6.07, 6.45) is 7.75. The summed E-state index contributed by atoms with van der Waals surface area (Å²) < 4.78 is 1.83. The van der Waals surface area contributed by atoms with Crippen molar-refractivity contribution in [2.24, 2.45) is 0 Å². The number of hydrogen-bond acceptors (Lipinski definition) is 3. The van der Waals surface area contributed by atoms with E-state index < -0.39 is 0 Å². The van der Waals surface area contributed by atoms with E-state index in [9.17, 15) is 4.79 Å². The molecule has 0 radical (unpaired) electrons. The van der Waals surface area contributed by atoms with E-state index >= 15 is 0 Å². The first-order chi connectivity index (χ1) is 7.83. The first-order valence-corrected chi connectivity index (χ1v) is 6.72. The van der Waals surface area contributed by atoms with Gasteiger partial charge >= 0.3 is 5.69 Å². The van der Waals surface area contributed by atoms with Crippen LogP contribution >= 0.6 is 11.8 Å². The van der Waals surface area contributed by atoms with Crippen LogP contribution in [0.15, 0.2) is 22.6 Å². The fourth-order valence-electron chi connectivity index (χ4n) is 2.19. The van der Waals surface area contributed by atoms with Crippen molar-refractivity contribution in [3.05, 3.63) is 23.1 Å². The Labute approximate surface area is 99.1 Å². The first kappa shape index (κ1) is 11.5. The van der Waals surface area contributed by atoms with E-state index in [0.717, 1.165) is 23.8 Å². The molecule has 0 bridgehead atoms. The number of H-pyrrole nitrogens is 1. The quantitative estimate of drug-likeness (QED) is 0.648. The Hall–Kier alpha value is -0.970. The summed E-state index contributed by atoms with van der Waals surface area (Å²) in [5, 5.41) is 7.42. The van der Waals surface area contributed by atoms with E-state index in [2.05, 4.69) is 16.8 Å². The molecule has 0 aliphatic heterocycles. The molecule has 5 heteroatoms. The van der Waals surface area contributed by atoms with Gasteiger partial charge in [-0.05, 0) is 12.8 Å². The molecule has 0 amide bonds. The maximum Gasteiger partial charge on any atom is 0.344 e. The van der Waals surface area contributed by atoms with Gasteiger partial charge in [0.2, 0.25) is 0 Å². The average Bonchev–Trinajstić information content (AvgIpc) is 2.69. The van der Waals surface area contributed by atoms with Gasteiger partial charge in [0.25, 0.3) is 0 Å². The van der Waals surface area contributed by atoms with Gasteiger partial charge in [0, 0.05) is 11.8 Å². The van der Waals surface area contributed by atoms with Crippen molar-refractivity contribution in [2.75, 3.05) is 5.75 Å². The highest BCUT2D eigenvalue weighted by atomic mass is 32.2. The van der Waals surface area contributed by atoms with Gasteiger partial charge in [-0.1, -0.05) is 37.1 Å². The van der Waals surface area contributed by atoms with Gasteiger partial charge in [0.05, 0.1) is 0 Å². The zero-order valence-corrected chi connectivity index (χ0v) is 10.1. The highest BCUT2D eigenvalue weighted by molar-refractivity contribution is 7.99. The zero-order chi connectivity index (χ0) is 11.4. The number of hydrogen-bond donors (Lipinski definition) is 1. The lowest BCUT2D eigenvalue weighted by molar-refractivity contribution is 0.330. The first-order valence-electron chi connectivity index (χ1n) is 5.73. The van der Waals surface area contributed by atoms with Crippen LogP contribution in [-0.2, 0) is 0 Å². The van der Waals surface area contributed by atoms with Crippen molar-refractivity contribution < 1.29 is 0 Å². The molecule has 0 atom stereocenters. The second-order valence-electron chi connectivity index (χ2n) is 4.07. The second-order valence-corrected chi connectivity index (χ2v) is 5.06. The minimum Gasteiger partial charge on any atom is -0.267 e. The van der Waals surface area contributed by atoms with Crippen LogP contribution in [0, 0.1) is 0 Å². The summed E-state index contributed by atoms with van der Waals surface area (Å²) >= 11 is 1.56. The maximum atomic E-state index is 11.7. The molecule has 4 nitrogen and oxygen atoms in total. The Morgan fingerprint density at radius 1 is 1.50 bits per heavy atom. The molecular weight excluding hydrogens is 222 g/mol. The molecular formula is C11H17N3OS. The fraction of sp³-hybridized carbons (Fsp3) is 0.636. The third-order valence-electron chi connectivity index (χ3n) is 2.94. The highest BCUT2D eigenvalue weighted by Gasteiger charge is 2.20. The van der Waals surface area contributed by atoms with Crippen LogP contribution in [0.4, 0.5) is 0 Å². The molecule has 1 aromatic heterocycles. The molecule has 2 rings (SSSR count). The molecule has 88 valence electrons.